The van der Waals surface area contributed by atoms with Crippen molar-refractivity contribution >= 4 is 0 Å². The monoisotopic (exact) mass is 203 g/mol. The smallest absolute Gasteiger partial charge is 0.204 e. The molecule has 2 rings (SSSR count). The first-order valence-corrected chi connectivity index (χ1v) is 4.93. The Hall–Kier alpha value is -1.75. The number of nitrogens with zero attached hydrogens (tertiary/aromatic N) is 4. The van der Waals surface area contributed by atoms with E-state index in [1.54, 1.807) is 4.80 Å². The molecule has 1 heterocycles. The van der Waals surface area contributed by atoms with Crippen molar-refractivity contribution < 1.29 is 0 Å². The Labute approximate surface area is 87.9 Å². The van der Waals surface area contributed by atoms with E-state index in [4.69, 9.17) is 5.73 Å². The zero-order chi connectivity index (χ0) is 10.5. The van der Waals surface area contributed by atoms with Gasteiger partial charge in [0.1, 0.15) is 0 Å². The van der Waals surface area contributed by atoms with E-state index in [2.05, 4.69) is 15.4 Å². The van der Waals surface area contributed by atoms with Crippen LogP contribution < -0.4 is 5.73 Å². The zero-order valence-corrected chi connectivity index (χ0v) is 8.37. The lowest BCUT2D eigenvalue weighted by atomic mass is 10.2. The topological polar surface area (TPSA) is 69.6 Å². The molecule has 0 saturated heterocycles. The fourth-order valence-electron chi connectivity index (χ4n) is 1.27. The van der Waals surface area contributed by atoms with Gasteiger partial charge in [0.15, 0.2) is 0 Å². The SMILES string of the molecule is NCCCn1nnc(-c2ccccc2)n1. The second kappa shape index (κ2) is 4.65. The summed E-state index contributed by atoms with van der Waals surface area (Å²) in [5.41, 5.74) is 6.39. The molecule has 5 heteroatoms. The summed E-state index contributed by atoms with van der Waals surface area (Å²) in [6.45, 7) is 1.36. The normalized spacial score (nSPS) is 10.5. The number of rotatable bonds is 4. The van der Waals surface area contributed by atoms with E-state index in [1.807, 2.05) is 30.3 Å². The average molecular weight is 203 g/mol. The van der Waals surface area contributed by atoms with Crippen molar-refractivity contribution in [1.29, 1.82) is 0 Å². The highest BCUT2D eigenvalue weighted by atomic mass is 15.6. The highest BCUT2D eigenvalue weighted by molar-refractivity contribution is 5.52. The van der Waals surface area contributed by atoms with Crippen LogP contribution >= 0.6 is 0 Å². The van der Waals surface area contributed by atoms with Gasteiger partial charge < -0.3 is 5.73 Å². The summed E-state index contributed by atoms with van der Waals surface area (Å²) >= 11 is 0. The summed E-state index contributed by atoms with van der Waals surface area (Å²) in [6, 6.07) is 9.79. The van der Waals surface area contributed by atoms with Crippen molar-refractivity contribution in [1.82, 2.24) is 20.2 Å². The van der Waals surface area contributed by atoms with Crippen LogP contribution in [0.15, 0.2) is 30.3 Å². The summed E-state index contributed by atoms with van der Waals surface area (Å²) in [5.74, 6) is 0.660. The highest BCUT2D eigenvalue weighted by Gasteiger charge is 2.03. The Bertz CT molecular complexity index is 409. The lowest BCUT2D eigenvalue weighted by Gasteiger charge is -1.94. The van der Waals surface area contributed by atoms with Gasteiger partial charge in [-0.3, -0.25) is 0 Å². The molecule has 0 bridgehead atoms. The van der Waals surface area contributed by atoms with Gasteiger partial charge in [0.2, 0.25) is 5.82 Å². The predicted molar refractivity (Wildman–Crippen MR) is 56.9 cm³/mol. The quantitative estimate of drug-likeness (QED) is 0.793. The zero-order valence-electron chi connectivity index (χ0n) is 8.37. The van der Waals surface area contributed by atoms with Gasteiger partial charge in [0.05, 0.1) is 6.54 Å². The van der Waals surface area contributed by atoms with Crippen molar-refractivity contribution in [3.63, 3.8) is 0 Å². The fraction of sp³-hybridized carbons (Fsp3) is 0.300. The van der Waals surface area contributed by atoms with Gasteiger partial charge in [0.25, 0.3) is 0 Å². The van der Waals surface area contributed by atoms with Crippen LogP contribution in [0, 0.1) is 0 Å². The van der Waals surface area contributed by atoms with Crippen LogP contribution in [0.3, 0.4) is 0 Å². The fourth-order valence-corrected chi connectivity index (χ4v) is 1.27. The molecule has 78 valence electrons. The number of hydrogen-bond donors (Lipinski definition) is 1. The van der Waals surface area contributed by atoms with Crippen LogP contribution in [0.2, 0.25) is 0 Å². The van der Waals surface area contributed by atoms with E-state index >= 15 is 0 Å². The molecular formula is C10H13N5. The molecular weight excluding hydrogens is 190 g/mol. The van der Waals surface area contributed by atoms with Gasteiger partial charge in [-0.2, -0.15) is 4.80 Å². The Morgan fingerprint density at radius 1 is 1.20 bits per heavy atom. The third-order valence-electron chi connectivity index (χ3n) is 2.05. The molecule has 0 atom stereocenters. The van der Waals surface area contributed by atoms with Gasteiger partial charge in [-0.15, -0.1) is 10.2 Å². The van der Waals surface area contributed by atoms with E-state index in [0.717, 1.165) is 18.5 Å². The molecule has 5 nitrogen and oxygen atoms in total. The number of aromatic nitrogens is 4. The number of nitrogens with two attached hydrogens (primary N) is 1. The Balaban J connectivity index is 2.14. The van der Waals surface area contributed by atoms with E-state index in [0.29, 0.717) is 12.4 Å². The second-order valence-electron chi connectivity index (χ2n) is 3.22. The molecule has 15 heavy (non-hydrogen) atoms. The molecule has 0 amide bonds. The summed E-state index contributed by atoms with van der Waals surface area (Å²) in [5, 5.41) is 12.2. The summed E-state index contributed by atoms with van der Waals surface area (Å²) in [4.78, 5) is 1.58. The molecule has 0 saturated carbocycles. The Morgan fingerprint density at radius 3 is 2.73 bits per heavy atom. The van der Waals surface area contributed by atoms with Gasteiger partial charge in [-0.05, 0) is 18.2 Å². The van der Waals surface area contributed by atoms with E-state index in [-0.39, 0.29) is 0 Å². The maximum Gasteiger partial charge on any atom is 0.204 e. The van der Waals surface area contributed by atoms with Crippen molar-refractivity contribution in [2.75, 3.05) is 6.54 Å². The first-order valence-electron chi connectivity index (χ1n) is 4.93. The lowest BCUT2D eigenvalue weighted by Crippen LogP contribution is -2.08. The third-order valence-corrected chi connectivity index (χ3v) is 2.05. The van der Waals surface area contributed by atoms with Crippen LogP contribution in [0.5, 0.6) is 0 Å². The molecule has 0 aliphatic heterocycles. The minimum atomic E-state index is 0.641. The van der Waals surface area contributed by atoms with E-state index < -0.39 is 0 Å². The van der Waals surface area contributed by atoms with Gasteiger partial charge in [-0.1, -0.05) is 30.3 Å². The van der Waals surface area contributed by atoms with Gasteiger partial charge in [-0.25, -0.2) is 0 Å². The van der Waals surface area contributed by atoms with Crippen LogP contribution in [0.4, 0.5) is 0 Å². The molecule has 2 N–H and O–H groups in total. The predicted octanol–water partition coefficient (Wildman–Crippen LogP) is 0.689. The summed E-state index contributed by atoms with van der Waals surface area (Å²) < 4.78 is 0. The standard InChI is InChI=1S/C10H13N5/c11-7-4-8-15-13-10(12-14-15)9-5-2-1-3-6-9/h1-3,5-6H,4,7-8,11H2. The van der Waals surface area contributed by atoms with Crippen LogP contribution in [-0.2, 0) is 6.54 Å². The lowest BCUT2D eigenvalue weighted by molar-refractivity contribution is 0.504. The van der Waals surface area contributed by atoms with Crippen molar-refractivity contribution in [2.45, 2.75) is 13.0 Å². The maximum atomic E-state index is 5.40. The van der Waals surface area contributed by atoms with Crippen molar-refractivity contribution in [3.05, 3.63) is 30.3 Å². The first kappa shape index (κ1) is 9.79. The largest absolute Gasteiger partial charge is 0.330 e. The second-order valence-corrected chi connectivity index (χ2v) is 3.22. The van der Waals surface area contributed by atoms with E-state index in [1.165, 1.54) is 0 Å². The molecule has 0 aliphatic rings. The molecule has 0 unspecified atom stereocenters. The third kappa shape index (κ3) is 2.38. The summed E-state index contributed by atoms with van der Waals surface area (Å²) in [7, 11) is 0. The molecule has 1 aromatic carbocycles. The van der Waals surface area contributed by atoms with Gasteiger partial charge >= 0.3 is 0 Å². The highest BCUT2D eigenvalue weighted by Crippen LogP contribution is 2.11. The number of hydrogen-bond acceptors (Lipinski definition) is 4. The molecule has 2 aromatic rings. The molecule has 0 aliphatic carbocycles. The minimum absolute atomic E-state index is 0.641. The van der Waals surface area contributed by atoms with Crippen molar-refractivity contribution in [2.24, 2.45) is 5.73 Å². The van der Waals surface area contributed by atoms with Crippen LogP contribution in [0.25, 0.3) is 11.4 Å². The molecule has 0 spiro atoms. The number of tetrazole rings is 1. The Morgan fingerprint density at radius 2 is 2.00 bits per heavy atom. The number of benzene rings is 1. The molecule has 0 radical (unpaired) electrons. The van der Waals surface area contributed by atoms with Gasteiger partial charge in [0, 0.05) is 5.56 Å². The van der Waals surface area contributed by atoms with Crippen LogP contribution in [0.1, 0.15) is 6.42 Å². The van der Waals surface area contributed by atoms with Crippen molar-refractivity contribution in [3.8, 4) is 11.4 Å². The summed E-state index contributed by atoms with van der Waals surface area (Å²) in [6.07, 6.45) is 0.866. The molecule has 1 aromatic heterocycles. The molecule has 0 fully saturated rings. The average Bonchev–Trinajstić information content (AvgIpc) is 2.76. The number of aryl methyl sites for hydroxylation is 1. The van der Waals surface area contributed by atoms with E-state index in [9.17, 15) is 0 Å². The Kier molecular flexibility index (Phi) is 3.04. The maximum absolute atomic E-state index is 5.40. The first-order chi connectivity index (χ1) is 7.40. The minimum Gasteiger partial charge on any atom is -0.330 e. The van der Waals surface area contributed by atoms with Crippen LogP contribution in [-0.4, -0.2) is 26.8 Å².